The molecule has 0 aliphatic rings. The minimum absolute atomic E-state index is 0. The molecule has 0 saturated heterocycles. The van der Waals surface area contributed by atoms with Crippen LogP contribution >= 0.6 is 0 Å². The predicted octanol–water partition coefficient (Wildman–Crippen LogP) is -12.9. The van der Waals surface area contributed by atoms with Crippen LogP contribution in [-0.2, 0) is 19.2 Å². The van der Waals surface area contributed by atoms with E-state index in [1.807, 2.05) is 0 Å². The molecule has 0 radical (unpaired) electrons. The number of rotatable bonds is 9. The number of aliphatic carboxylic acids is 3. The fourth-order valence-electron chi connectivity index (χ4n) is 1.92. The summed E-state index contributed by atoms with van der Waals surface area (Å²) >= 11 is 0. The Morgan fingerprint density at radius 2 is 1.13 bits per heavy atom. The quantitative estimate of drug-likeness (QED) is 0.374. The Morgan fingerprint density at radius 1 is 0.783 bits per heavy atom. The Kier molecular flexibility index (Phi) is 22.5. The largest absolute Gasteiger partial charge is 1.00 e. The van der Waals surface area contributed by atoms with E-state index in [-0.39, 0.29) is 102 Å². The monoisotopic (exact) mass is 355 g/mol. The van der Waals surface area contributed by atoms with Gasteiger partial charge >= 0.3 is 88.7 Å². The van der Waals surface area contributed by atoms with Crippen LogP contribution in [0.2, 0.25) is 0 Å². The minimum Gasteiger partial charge on any atom is -0.550 e. The van der Waals surface area contributed by atoms with Crippen molar-refractivity contribution in [1.82, 2.24) is 4.90 Å². The van der Waals surface area contributed by atoms with Crippen LogP contribution in [0.25, 0.3) is 0 Å². The second-order valence-electron chi connectivity index (χ2n) is 4.19. The number of carboxylic acids is 3. The Bertz CT molecular complexity index is 402. The number of amides is 1. The average Bonchev–Trinajstić information content (AvgIpc) is 2.33. The van der Waals surface area contributed by atoms with Crippen LogP contribution in [0.15, 0.2) is 0 Å². The number of hydrogen-bond donors (Lipinski definition) is 0. The molecule has 114 valence electrons. The fraction of sp³-hybridized carbons (Fsp3) is 0.667. The summed E-state index contributed by atoms with van der Waals surface area (Å²) < 4.78 is 0. The van der Waals surface area contributed by atoms with E-state index in [9.17, 15) is 34.5 Å². The molecule has 0 N–H and O–H groups in total. The molecule has 0 aromatic carbocycles. The molecule has 0 spiro atoms. The number of carbonyl (C=O) groups is 4. The SMILES string of the molecule is CCN(CC)C(=O)C(CC(=O)[O-])C(CC(=O)[O-])C(=O)[O-].[Na+].[Na+].[Na+]. The molecule has 8 nitrogen and oxygen atoms in total. The van der Waals surface area contributed by atoms with Gasteiger partial charge in [-0.2, -0.15) is 0 Å². The van der Waals surface area contributed by atoms with Gasteiger partial charge in [-0.25, -0.2) is 0 Å². The first-order valence-electron chi connectivity index (χ1n) is 6.13. The molecule has 2 unspecified atom stereocenters. The number of carboxylic acid groups (broad SMARTS) is 3. The van der Waals surface area contributed by atoms with E-state index in [0.717, 1.165) is 0 Å². The number of carbonyl (C=O) groups excluding carboxylic acids is 4. The van der Waals surface area contributed by atoms with E-state index in [1.54, 1.807) is 13.8 Å². The van der Waals surface area contributed by atoms with Gasteiger partial charge in [-0.15, -0.1) is 0 Å². The maximum atomic E-state index is 12.1. The molecule has 0 heterocycles. The average molecular weight is 355 g/mol. The summed E-state index contributed by atoms with van der Waals surface area (Å²) in [5, 5.41) is 32.2. The molecule has 2 atom stereocenters. The third kappa shape index (κ3) is 12.0. The van der Waals surface area contributed by atoms with Gasteiger partial charge in [-0.1, -0.05) is 0 Å². The van der Waals surface area contributed by atoms with Gasteiger partial charge in [-0.3, -0.25) is 4.79 Å². The molecule has 0 aromatic heterocycles. The Labute approximate surface area is 201 Å². The van der Waals surface area contributed by atoms with E-state index in [1.165, 1.54) is 4.90 Å². The van der Waals surface area contributed by atoms with Gasteiger partial charge in [0.05, 0.1) is 5.92 Å². The molecule has 0 bridgehead atoms. The van der Waals surface area contributed by atoms with Crippen molar-refractivity contribution in [3.63, 3.8) is 0 Å². The second-order valence-corrected chi connectivity index (χ2v) is 4.19. The summed E-state index contributed by atoms with van der Waals surface area (Å²) in [6.45, 7) is 3.74. The van der Waals surface area contributed by atoms with Crippen molar-refractivity contribution in [3.05, 3.63) is 0 Å². The summed E-state index contributed by atoms with van der Waals surface area (Å²) in [6, 6.07) is 0. The standard InChI is InChI=1S/C12H19NO7.3Na/c1-3-13(4-2)11(18)7(5-9(14)15)8(12(19)20)6-10(16)17;;;/h7-8H,3-6H2,1-2H3,(H,14,15)(H,16,17)(H,19,20);;;/q;3*+1/p-3. The van der Waals surface area contributed by atoms with E-state index in [0.29, 0.717) is 0 Å². The van der Waals surface area contributed by atoms with Crippen molar-refractivity contribution < 1.29 is 123 Å². The number of nitrogens with zero attached hydrogens (tertiary/aromatic N) is 1. The van der Waals surface area contributed by atoms with Crippen molar-refractivity contribution in [3.8, 4) is 0 Å². The van der Waals surface area contributed by atoms with Crippen LogP contribution in [0.1, 0.15) is 26.7 Å². The van der Waals surface area contributed by atoms with Crippen molar-refractivity contribution in [1.29, 1.82) is 0 Å². The maximum Gasteiger partial charge on any atom is 1.00 e. The van der Waals surface area contributed by atoms with Crippen LogP contribution in [0.4, 0.5) is 0 Å². The molecular formula is C12H16NNa3O7. The van der Waals surface area contributed by atoms with Crippen molar-refractivity contribution in [2.45, 2.75) is 26.7 Å². The van der Waals surface area contributed by atoms with Gasteiger partial charge < -0.3 is 34.6 Å². The van der Waals surface area contributed by atoms with Crippen LogP contribution < -0.4 is 104 Å². The van der Waals surface area contributed by atoms with E-state index >= 15 is 0 Å². The maximum absolute atomic E-state index is 12.1. The molecule has 0 saturated carbocycles. The van der Waals surface area contributed by atoms with Crippen LogP contribution in [0.3, 0.4) is 0 Å². The Balaban J connectivity index is -0.000000602. The Hall–Kier alpha value is 0.880. The van der Waals surface area contributed by atoms with E-state index < -0.39 is 48.5 Å². The minimum atomic E-state index is -1.80. The van der Waals surface area contributed by atoms with Gasteiger partial charge in [0.2, 0.25) is 5.91 Å². The smallest absolute Gasteiger partial charge is 0.550 e. The molecule has 0 aliphatic heterocycles. The molecule has 1 amide bonds. The van der Waals surface area contributed by atoms with Gasteiger partial charge in [-0.05, 0) is 26.7 Å². The molecule has 0 aromatic rings. The first kappa shape index (κ1) is 31.6. The molecule has 23 heavy (non-hydrogen) atoms. The fourth-order valence-corrected chi connectivity index (χ4v) is 1.92. The third-order valence-corrected chi connectivity index (χ3v) is 2.95. The first-order valence-corrected chi connectivity index (χ1v) is 6.13. The van der Waals surface area contributed by atoms with Crippen molar-refractivity contribution >= 4 is 23.8 Å². The summed E-state index contributed by atoms with van der Waals surface area (Å²) in [4.78, 5) is 45.5. The number of hydrogen-bond acceptors (Lipinski definition) is 7. The van der Waals surface area contributed by atoms with Crippen molar-refractivity contribution in [2.75, 3.05) is 13.1 Å². The second kappa shape index (κ2) is 16.4. The van der Waals surface area contributed by atoms with E-state index in [2.05, 4.69) is 0 Å². The Morgan fingerprint density at radius 3 is 1.39 bits per heavy atom. The van der Waals surface area contributed by atoms with Crippen molar-refractivity contribution in [2.24, 2.45) is 11.8 Å². The zero-order valence-corrected chi connectivity index (χ0v) is 20.3. The van der Waals surface area contributed by atoms with Gasteiger partial charge in [0, 0.05) is 36.9 Å². The van der Waals surface area contributed by atoms with Gasteiger partial charge in [0.25, 0.3) is 0 Å². The van der Waals surface area contributed by atoms with Crippen LogP contribution in [-0.4, -0.2) is 41.8 Å². The summed E-state index contributed by atoms with van der Waals surface area (Å²) in [6.07, 6.45) is -1.88. The molecule has 0 aliphatic carbocycles. The van der Waals surface area contributed by atoms with Crippen LogP contribution in [0.5, 0.6) is 0 Å². The molecular weight excluding hydrogens is 339 g/mol. The van der Waals surface area contributed by atoms with E-state index in [4.69, 9.17) is 0 Å². The topological polar surface area (TPSA) is 141 Å². The summed E-state index contributed by atoms with van der Waals surface area (Å²) in [7, 11) is 0. The molecule has 0 rings (SSSR count). The zero-order valence-electron chi connectivity index (χ0n) is 14.3. The molecule has 0 fully saturated rings. The first-order chi connectivity index (χ1) is 9.24. The zero-order chi connectivity index (χ0) is 15.9. The summed E-state index contributed by atoms with van der Waals surface area (Å²) in [5.41, 5.74) is 0. The van der Waals surface area contributed by atoms with Crippen LogP contribution in [0, 0.1) is 11.8 Å². The van der Waals surface area contributed by atoms with Gasteiger partial charge in [0.1, 0.15) is 0 Å². The van der Waals surface area contributed by atoms with Gasteiger partial charge in [0.15, 0.2) is 0 Å². The third-order valence-electron chi connectivity index (χ3n) is 2.95. The predicted molar refractivity (Wildman–Crippen MR) is 59.2 cm³/mol. The summed E-state index contributed by atoms with van der Waals surface area (Å²) in [5.74, 6) is -9.22. The normalized spacial score (nSPS) is 11.6. The molecule has 11 heteroatoms.